The molecule has 6 nitrogen and oxygen atoms in total. The monoisotopic (exact) mass is 248 g/mol. The van der Waals surface area contributed by atoms with E-state index >= 15 is 0 Å². The largest absolute Gasteiger partial charge is 0.464 e. The maximum absolute atomic E-state index is 11.6. The highest BCUT2D eigenvalue weighted by Gasteiger charge is 2.28. The van der Waals surface area contributed by atoms with Gasteiger partial charge in [0.2, 0.25) is 0 Å². The van der Waals surface area contributed by atoms with Crippen LogP contribution in [-0.4, -0.2) is 29.3 Å². The Morgan fingerprint density at radius 2 is 2.41 bits per heavy atom. The minimum Gasteiger partial charge on any atom is -0.464 e. The van der Waals surface area contributed by atoms with Gasteiger partial charge in [0, 0.05) is 0 Å². The van der Waals surface area contributed by atoms with E-state index < -0.39 is 5.37 Å². The van der Waals surface area contributed by atoms with E-state index in [9.17, 15) is 4.79 Å². The van der Waals surface area contributed by atoms with Crippen LogP contribution in [0.4, 0.5) is 5.69 Å². The van der Waals surface area contributed by atoms with Crippen LogP contribution >= 0.6 is 11.8 Å². The number of pyridine rings is 1. The van der Waals surface area contributed by atoms with Gasteiger partial charge in [0.15, 0.2) is 5.37 Å². The van der Waals surface area contributed by atoms with E-state index in [0.717, 1.165) is 0 Å². The van der Waals surface area contributed by atoms with Gasteiger partial charge in [-0.15, -0.1) is 0 Å². The second-order valence-corrected chi connectivity index (χ2v) is 4.44. The lowest BCUT2D eigenvalue weighted by molar-refractivity contribution is -0.142. The number of hydrogen-bond acceptors (Lipinski definition) is 7. The van der Waals surface area contributed by atoms with Crippen molar-refractivity contribution < 1.29 is 9.53 Å². The number of esters is 1. The van der Waals surface area contributed by atoms with Gasteiger partial charge in [-0.25, -0.2) is 19.8 Å². The molecule has 1 atom stereocenters. The number of carbonyl (C=O) groups is 1. The minimum absolute atomic E-state index is 0.344. The minimum atomic E-state index is -0.570. The number of rotatable bonds is 2. The number of hydrogen-bond donors (Lipinski definition) is 0. The molecule has 1 aromatic rings. The van der Waals surface area contributed by atoms with E-state index in [0.29, 0.717) is 28.0 Å². The molecule has 0 N–H and O–H groups in total. The Morgan fingerprint density at radius 1 is 1.53 bits per heavy atom. The highest BCUT2D eigenvalue weighted by atomic mass is 32.2. The van der Waals surface area contributed by atoms with Crippen molar-refractivity contribution >= 4 is 29.8 Å². The van der Waals surface area contributed by atoms with Crippen LogP contribution in [-0.2, 0) is 9.53 Å². The molecular weight excluding hydrogens is 240 g/mol. The number of carbonyl (C=O) groups excluding carboxylic acids is 1. The number of ether oxygens (including phenoxy) is 1. The lowest BCUT2D eigenvalue weighted by atomic mass is 10.4. The summed E-state index contributed by atoms with van der Waals surface area (Å²) in [5.74, 6) is -0.344. The van der Waals surface area contributed by atoms with Crippen LogP contribution in [0.3, 0.4) is 0 Å². The van der Waals surface area contributed by atoms with Crippen molar-refractivity contribution in [3.8, 4) is 0 Å². The Bertz CT molecular complexity index is 640. The van der Waals surface area contributed by atoms with Crippen molar-refractivity contribution in [1.82, 2.24) is 4.98 Å². The summed E-state index contributed by atoms with van der Waals surface area (Å²) in [6, 6.07) is 0. The normalized spacial score (nSPS) is 19.2. The molecule has 86 valence electrons. The predicted molar refractivity (Wildman–Crippen MR) is 61.0 cm³/mol. The SMILES string of the molecule is CCOC(=O)C1N=c2c(ncc3c2=NC=N3)S1. The summed E-state index contributed by atoms with van der Waals surface area (Å²) in [5.41, 5.74) is 0.692. The van der Waals surface area contributed by atoms with E-state index in [2.05, 4.69) is 20.0 Å². The molecule has 0 saturated carbocycles. The molecule has 1 aromatic heterocycles. The zero-order valence-corrected chi connectivity index (χ0v) is 9.77. The fraction of sp³-hybridized carbons (Fsp3) is 0.300. The molecule has 0 aliphatic carbocycles. The molecule has 0 aromatic carbocycles. The molecule has 17 heavy (non-hydrogen) atoms. The van der Waals surface area contributed by atoms with Crippen LogP contribution in [0.5, 0.6) is 0 Å². The molecule has 0 saturated heterocycles. The van der Waals surface area contributed by atoms with Gasteiger partial charge >= 0.3 is 5.97 Å². The smallest absolute Gasteiger partial charge is 0.341 e. The molecular formula is C10H8N4O2S. The summed E-state index contributed by atoms with van der Waals surface area (Å²) in [6.45, 7) is 2.12. The first kappa shape index (κ1) is 10.4. The van der Waals surface area contributed by atoms with Crippen molar-refractivity contribution in [3.63, 3.8) is 0 Å². The molecule has 0 fully saturated rings. The predicted octanol–water partition coefficient (Wildman–Crippen LogP) is -0.0109. The van der Waals surface area contributed by atoms with Crippen molar-refractivity contribution in [2.45, 2.75) is 17.3 Å². The van der Waals surface area contributed by atoms with E-state index in [4.69, 9.17) is 4.74 Å². The average Bonchev–Trinajstić information content (AvgIpc) is 2.94. The first-order chi connectivity index (χ1) is 8.29. The highest BCUT2D eigenvalue weighted by molar-refractivity contribution is 8.00. The van der Waals surface area contributed by atoms with E-state index in [1.807, 2.05) is 0 Å². The molecule has 0 spiro atoms. The average molecular weight is 248 g/mol. The van der Waals surface area contributed by atoms with Crippen LogP contribution in [0.15, 0.2) is 26.2 Å². The van der Waals surface area contributed by atoms with Gasteiger partial charge < -0.3 is 4.74 Å². The Labute approximate surface area is 101 Å². The van der Waals surface area contributed by atoms with Gasteiger partial charge in [-0.1, -0.05) is 11.8 Å². The molecule has 0 bridgehead atoms. The number of aliphatic imine (C=N–C) groups is 1. The Hall–Kier alpha value is -1.76. The van der Waals surface area contributed by atoms with Crippen molar-refractivity contribution in [2.75, 3.05) is 6.61 Å². The zero-order valence-electron chi connectivity index (χ0n) is 8.95. The quantitative estimate of drug-likeness (QED) is 0.690. The topological polar surface area (TPSA) is 76.3 Å². The van der Waals surface area contributed by atoms with Crippen molar-refractivity contribution in [3.05, 3.63) is 16.9 Å². The van der Waals surface area contributed by atoms with Crippen LogP contribution in [0.1, 0.15) is 6.92 Å². The molecule has 0 radical (unpaired) electrons. The van der Waals surface area contributed by atoms with Gasteiger partial charge in [-0.2, -0.15) is 0 Å². The van der Waals surface area contributed by atoms with E-state index in [-0.39, 0.29) is 5.97 Å². The Morgan fingerprint density at radius 3 is 3.24 bits per heavy atom. The maximum Gasteiger partial charge on any atom is 0.341 e. The van der Waals surface area contributed by atoms with Crippen LogP contribution < -0.4 is 10.7 Å². The van der Waals surface area contributed by atoms with Crippen LogP contribution in [0, 0.1) is 0 Å². The van der Waals surface area contributed by atoms with Crippen molar-refractivity contribution in [2.24, 2.45) is 15.0 Å². The summed E-state index contributed by atoms with van der Waals surface area (Å²) >= 11 is 1.28. The van der Waals surface area contributed by atoms with Gasteiger partial charge in [-0.05, 0) is 6.92 Å². The van der Waals surface area contributed by atoms with Gasteiger partial charge in [0.25, 0.3) is 0 Å². The molecule has 3 heterocycles. The second-order valence-electron chi connectivity index (χ2n) is 3.37. The van der Waals surface area contributed by atoms with E-state index in [1.165, 1.54) is 18.1 Å². The summed E-state index contributed by atoms with van der Waals surface area (Å²) in [5, 5.41) is 1.47. The maximum atomic E-state index is 11.6. The summed E-state index contributed by atoms with van der Waals surface area (Å²) in [7, 11) is 0. The third-order valence-electron chi connectivity index (χ3n) is 2.32. The van der Waals surface area contributed by atoms with Crippen LogP contribution in [0.2, 0.25) is 0 Å². The van der Waals surface area contributed by atoms with Gasteiger partial charge in [-0.3, -0.25) is 4.99 Å². The molecule has 2 aliphatic heterocycles. The first-order valence-corrected chi connectivity index (χ1v) is 5.98. The summed E-state index contributed by atoms with van der Waals surface area (Å²) in [6.07, 6.45) is 3.10. The third-order valence-corrected chi connectivity index (χ3v) is 3.36. The Kier molecular flexibility index (Phi) is 2.40. The van der Waals surface area contributed by atoms with E-state index in [1.54, 1.807) is 13.1 Å². The molecule has 0 amide bonds. The third kappa shape index (κ3) is 1.62. The summed E-state index contributed by atoms with van der Waals surface area (Å²) < 4.78 is 4.93. The number of nitrogens with zero attached hydrogens (tertiary/aromatic N) is 4. The number of fused-ring (bicyclic) bond motifs is 3. The highest BCUT2D eigenvalue weighted by Crippen LogP contribution is 2.25. The van der Waals surface area contributed by atoms with Crippen LogP contribution in [0.25, 0.3) is 0 Å². The first-order valence-electron chi connectivity index (χ1n) is 5.10. The molecule has 3 rings (SSSR count). The fourth-order valence-corrected chi connectivity index (χ4v) is 2.51. The molecule has 1 unspecified atom stereocenters. The standard InChI is InChI=1S/C10H8N4O2S/c1-2-16-10(15)9-14-7-6-5(12-4-13-6)3-11-8(7)17-9/h3-4,9H,2H2,1H3. The molecule has 2 aliphatic rings. The van der Waals surface area contributed by atoms with Gasteiger partial charge in [0.1, 0.15) is 27.8 Å². The second kappa shape index (κ2) is 3.92. The lowest BCUT2D eigenvalue weighted by Gasteiger charge is -2.04. The fourth-order valence-electron chi connectivity index (χ4n) is 1.60. The number of aromatic nitrogens is 1. The van der Waals surface area contributed by atoms with Crippen molar-refractivity contribution in [1.29, 1.82) is 0 Å². The lowest BCUT2D eigenvalue weighted by Crippen LogP contribution is -2.26. The Balaban J connectivity index is 2.04. The molecule has 7 heteroatoms. The number of thioether (sulfide) groups is 1. The zero-order chi connectivity index (χ0) is 11.8. The van der Waals surface area contributed by atoms with Gasteiger partial charge in [0.05, 0.1) is 12.8 Å². The summed E-state index contributed by atoms with van der Waals surface area (Å²) in [4.78, 5) is 28.3.